The number of carbonyl (C=O) groups excluding carboxylic acids is 2. The second-order valence-electron chi connectivity index (χ2n) is 3.16. The van der Waals surface area contributed by atoms with Crippen molar-refractivity contribution in [2.24, 2.45) is 0 Å². The fourth-order valence-electron chi connectivity index (χ4n) is 1.20. The summed E-state index contributed by atoms with van der Waals surface area (Å²) in [5, 5.41) is 11.3. The summed E-state index contributed by atoms with van der Waals surface area (Å²) < 4.78 is 9.53. The molecule has 15 heavy (non-hydrogen) atoms. The predicted molar refractivity (Wildman–Crippen MR) is 50.0 cm³/mol. The van der Waals surface area contributed by atoms with Crippen LogP contribution in [0.25, 0.3) is 0 Å². The molecular formula is C9H15NO5. The largest absolute Gasteiger partial charge is 0.463 e. The summed E-state index contributed by atoms with van der Waals surface area (Å²) in [5.41, 5.74) is 0. The molecule has 1 atom stereocenters. The van der Waals surface area contributed by atoms with Crippen LogP contribution < -0.4 is 5.32 Å². The zero-order valence-electron chi connectivity index (χ0n) is 8.40. The van der Waals surface area contributed by atoms with E-state index in [2.05, 4.69) is 10.1 Å². The Morgan fingerprint density at radius 2 is 2.40 bits per heavy atom. The van der Waals surface area contributed by atoms with Crippen LogP contribution in [-0.4, -0.2) is 49.5 Å². The summed E-state index contributed by atoms with van der Waals surface area (Å²) in [6, 6.07) is 0. The van der Waals surface area contributed by atoms with Crippen molar-refractivity contribution in [3.8, 4) is 0 Å². The molecule has 86 valence electrons. The molecule has 1 unspecified atom stereocenters. The third kappa shape index (κ3) is 4.26. The fourth-order valence-corrected chi connectivity index (χ4v) is 1.20. The van der Waals surface area contributed by atoms with E-state index >= 15 is 0 Å². The third-order valence-corrected chi connectivity index (χ3v) is 1.96. The van der Waals surface area contributed by atoms with Crippen molar-refractivity contribution in [2.45, 2.75) is 18.9 Å². The van der Waals surface area contributed by atoms with Gasteiger partial charge in [0.15, 0.2) is 0 Å². The first kappa shape index (κ1) is 11.9. The van der Waals surface area contributed by atoms with E-state index < -0.39 is 18.0 Å². The maximum atomic E-state index is 11.2. The first-order valence-corrected chi connectivity index (χ1v) is 4.91. The number of esters is 2. The van der Waals surface area contributed by atoms with Crippen LogP contribution in [-0.2, 0) is 19.1 Å². The molecule has 6 nitrogen and oxygen atoms in total. The standard InChI is InChI=1S/C9H15NO5/c11-5-4-10-3-1-8(12)15-7-2-6-14-9(7)13/h7,10-11H,1-6H2. The molecule has 1 fully saturated rings. The van der Waals surface area contributed by atoms with E-state index in [1.54, 1.807) is 0 Å². The van der Waals surface area contributed by atoms with Crippen molar-refractivity contribution in [2.75, 3.05) is 26.3 Å². The number of aliphatic hydroxyl groups excluding tert-OH is 1. The van der Waals surface area contributed by atoms with Gasteiger partial charge in [0.05, 0.1) is 19.6 Å². The van der Waals surface area contributed by atoms with Crippen molar-refractivity contribution in [3.05, 3.63) is 0 Å². The Hall–Kier alpha value is -1.14. The monoisotopic (exact) mass is 217 g/mol. The number of aliphatic hydroxyl groups is 1. The van der Waals surface area contributed by atoms with Crippen LogP contribution >= 0.6 is 0 Å². The van der Waals surface area contributed by atoms with E-state index in [-0.39, 0.29) is 13.0 Å². The van der Waals surface area contributed by atoms with Gasteiger partial charge in [-0.15, -0.1) is 0 Å². The van der Waals surface area contributed by atoms with Gasteiger partial charge in [0.25, 0.3) is 0 Å². The zero-order chi connectivity index (χ0) is 11.1. The van der Waals surface area contributed by atoms with E-state index in [4.69, 9.17) is 9.84 Å². The molecule has 0 spiro atoms. The second-order valence-corrected chi connectivity index (χ2v) is 3.16. The lowest BCUT2D eigenvalue weighted by Crippen LogP contribution is -2.26. The first-order chi connectivity index (χ1) is 7.24. The highest BCUT2D eigenvalue weighted by Crippen LogP contribution is 2.10. The van der Waals surface area contributed by atoms with Crippen molar-refractivity contribution >= 4 is 11.9 Å². The molecule has 0 aromatic heterocycles. The number of carbonyl (C=O) groups is 2. The van der Waals surface area contributed by atoms with Crippen LogP contribution in [0, 0.1) is 0 Å². The van der Waals surface area contributed by atoms with Gasteiger partial charge in [-0.2, -0.15) is 0 Å². The molecular weight excluding hydrogens is 202 g/mol. The lowest BCUT2D eigenvalue weighted by Gasteiger charge is -2.08. The van der Waals surface area contributed by atoms with Crippen LogP contribution in [0.4, 0.5) is 0 Å². The molecule has 1 aliphatic heterocycles. The highest BCUT2D eigenvalue weighted by Gasteiger charge is 2.29. The Bertz CT molecular complexity index is 231. The molecule has 0 bridgehead atoms. The minimum absolute atomic E-state index is 0.0317. The maximum Gasteiger partial charge on any atom is 0.347 e. The summed E-state index contributed by atoms with van der Waals surface area (Å²) in [6.45, 7) is 1.23. The summed E-state index contributed by atoms with van der Waals surface area (Å²) in [4.78, 5) is 22.1. The highest BCUT2D eigenvalue weighted by atomic mass is 16.6. The number of hydrogen-bond donors (Lipinski definition) is 2. The van der Waals surface area contributed by atoms with Gasteiger partial charge in [-0.1, -0.05) is 0 Å². The maximum absolute atomic E-state index is 11.2. The van der Waals surface area contributed by atoms with Crippen LogP contribution in [0.3, 0.4) is 0 Å². The summed E-state index contributed by atoms with van der Waals surface area (Å²) >= 11 is 0. The van der Waals surface area contributed by atoms with Gasteiger partial charge in [0, 0.05) is 19.5 Å². The lowest BCUT2D eigenvalue weighted by atomic mass is 10.3. The lowest BCUT2D eigenvalue weighted by molar-refractivity contribution is -0.160. The minimum Gasteiger partial charge on any atom is -0.463 e. The molecule has 0 aromatic carbocycles. The molecule has 2 N–H and O–H groups in total. The molecule has 0 radical (unpaired) electrons. The van der Waals surface area contributed by atoms with Gasteiger partial charge < -0.3 is 19.9 Å². The van der Waals surface area contributed by atoms with E-state index in [1.165, 1.54) is 0 Å². The topological polar surface area (TPSA) is 84.9 Å². The van der Waals surface area contributed by atoms with E-state index in [0.717, 1.165) is 0 Å². The number of ether oxygens (including phenoxy) is 2. The predicted octanol–water partition coefficient (Wildman–Crippen LogP) is -1.18. The Morgan fingerprint density at radius 3 is 3.00 bits per heavy atom. The molecule has 0 amide bonds. The Kier molecular flexibility index (Phi) is 5.06. The number of cyclic esters (lactones) is 1. The van der Waals surface area contributed by atoms with E-state index in [1.807, 2.05) is 0 Å². The normalized spacial score (nSPS) is 20.1. The van der Waals surface area contributed by atoms with Crippen molar-refractivity contribution in [3.63, 3.8) is 0 Å². The number of hydrogen-bond acceptors (Lipinski definition) is 6. The Labute approximate surface area is 87.5 Å². The van der Waals surface area contributed by atoms with Gasteiger partial charge in [-0.25, -0.2) is 4.79 Å². The second kappa shape index (κ2) is 6.36. The smallest absolute Gasteiger partial charge is 0.347 e. The van der Waals surface area contributed by atoms with Crippen molar-refractivity contribution in [1.82, 2.24) is 5.32 Å². The van der Waals surface area contributed by atoms with Crippen LogP contribution in [0.5, 0.6) is 0 Å². The first-order valence-electron chi connectivity index (χ1n) is 4.91. The Morgan fingerprint density at radius 1 is 1.60 bits per heavy atom. The average molecular weight is 217 g/mol. The number of nitrogens with one attached hydrogen (secondary N) is 1. The van der Waals surface area contributed by atoms with Gasteiger partial charge in [0.1, 0.15) is 0 Å². The van der Waals surface area contributed by atoms with Crippen molar-refractivity contribution < 1.29 is 24.2 Å². The third-order valence-electron chi connectivity index (χ3n) is 1.96. The number of rotatable bonds is 6. The molecule has 1 aliphatic rings. The quantitative estimate of drug-likeness (QED) is 0.430. The molecule has 0 aliphatic carbocycles. The zero-order valence-corrected chi connectivity index (χ0v) is 8.40. The molecule has 1 rings (SSSR count). The molecule has 0 aromatic rings. The summed E-state index contributed by atoms with van der Waals surface area (Å²) in [5.74, 6) is -0.893. The average Bonchev–Trinajstić information content (AvgIpc) is 2.59. The molecule has 1 saturated heterocycles. The van der Waals surface area contributed by atoms with Crippen LogP contribution in [0.2, 0.25) is 0 Å². The summed E-state index contributed by atoms with van der Waals surface area (Å²) in [7, 11) is 0. The minimum atomic E-state index is -0.727. The van der Waals surface area contributed by atoms with Gasteiger partial charge in [-0.05, 0) is 0 Å². The van der Waals surface area contributed by atoms with Crippen molar-refractivity contribution in [1.29, 1.82) is 0 Å². The van der Waals surface area contributed by atoms with Gasteiger partial charge >= 0.3 is 11.9 Å². The van der Waals surface area contributed by atoms with Gasteiger partial charge in [-0.3, -0.25) is 4.79 Å². The molecule has 0 saturated carbocycles. The van der Waals surface area contributed by atoms with Crippen LogP contribution in [0.15, 0.2) is 0 Å². The molecule has 6 heteroatoms. The van der Waals surface area contributed by atoms with E-state index in [0.29, 0.717) is 26.1 Å². The highest BCUT2D eigenvalue weighted by molar-refractivity contribution is 5.80. The SMILES string of the molecule is O=C(CCNCCO)OC1CCOC1=O. The van der Waals surface area contributed by atoms with Crippen LogP contribution in [0.1, 0.15) is 12.8 Å². The van der Waals surface area contributed by atoms with Gasteiger partial charge in [0.2, 0.25) is 6.10 Å². The van der Waals surface area contributed by atoms with E-state index in [9.17, 15) is 9.59 Å². The molecule has 1 heterocycles. The summed E-state index contributed by atoms with van der Waals surface area (Å²) in [6.07, 6.45) is -0.103. The Balaban J connectivity index is 2.10. The fraction of sp³-hybridized carbons (Fsp3) is 0.778.